The highest BCUT2D eigenvalue weighted by atomic mass is 16.5. The predicted molar refractivity (Wildman–Crippen MR) is 80.4 cm³/mol. The molecule has 0 bridgehead atoms. The molecule has 104 valence electrons. The highest BCUT2D eigenvalue weighted by Gasteiger charge is 2.16. The van der Waals surface area contributed by atoms with Gasteiger partial charge in [-0.15, -0.1) is 0 Å². The Morgan fingerprint density at radius 1 is 1.32 bits per heavy atom. The van der Waals surface area contributed by atoms with Crippen LogP contribution in [0.1, 0.15) is 19.4 Å². The number of hydrogen-bond donors (Lipinski definition) is 2. The van der Waals surface area contributed by atoms with E-state index < -0.39 is 0 Å². The van der Waals surface area contributed by atoms with Gasteiger partial charge in [0.1, 0.15) is 5.84 Å². The van der Waals surface area contributed by atoms with Crippen LogP contribution < -0.4 is 10.2 Å². The van der Waals surface area contributed by atoms with Crippen LogP contribution in [0.4, 0.5) is 11.4 Å². The second kappa shape index (κ2) is 6.06. The molecule has 0 unspecified atom stereocenters. The Morgan fingerprint density at radius 2 is 2.00 bits per heavy atom. The van der Waals surface area contributed by atoms with Crippen LogP contribution in [0.5, 0.6) is 0 Å². The maximum Gasteiger partial charge on any atom is 0.100 e. The minimum Gasteiger partial charge on any atom is -0.378 e. The number of benzene rings is 1. The molecule has 1 aromatic rings. The summed E-state index contributed by atoms with van der Waals surface area (Å²) in [6.45, 7) is 9.50. The molecule has 1 aliphatic rings. The van der Waals surface area contributed by atoms with E-state index in [4.69, 9.17) is 10.1 Å². The third-order valence-corrected chi connectivity index (χ3v) is 3.35. The van der Waals surface area contributed by atoms with Crippen molar-refractivity contribution in [1.29, 1.82) is 5.41 Å². The SMILES string of the molecule is Cc1ccc(N2CCOCC2)c(NC(=N)C(C)C)c1. The Morgan fingerprint density at radius 3 is 2.63 bits per heavy atom. The molecule has 0 aromatic heterocycles. The van der Waals surface area contributed by atoms with E-state index in [9.17, 15) is 0 Å². The molecule has 1 aliphatic heterocycles. The normalized spacial score (nSPS) is 15.7. The van der Waals surface area contributed by atoms with Crippen LogP contribution in [0.2, 0.25) is 0 Å². The van der Waals surface area contributed by atoms with Crippen molar-refractivity contribution in [3.05, 3.63) is 23.8 Å². The van der Waals surface area contributed by atoms with Crippen LogP contribution in [0.3, 0.4) is 0 Å². The minimum atomic E-state index is 0.207. The van der Waals surface area contributed by atoms with Gasteiger partial charge in [0, 0.05) is 19.0 Å². The largest absolute Gasteiger partial charge is 0.378 e. The zero-order valence-electron chi connectivity index (χ0n) is 12.0. The zero-order chi connectivity index (χ0) is 13.8. The standard InChI is InChI=1S/C15H23N3O/c1-11(2)15(16)17-13-10-12(3)4-5-14(13)18-6-8-19-9-7-18/h4-5,10-11H,6-9H2,1-3H3,(H2,16,17). The number of nitrogens with one attached hydrogen (secondary N) is 2. The second-order valence-corrected chi connectivity index (χ2v) is 5.31. The van der Waals surface area contributed by atoms with Crippen molar-refractivity contribution in [2.75, 3.05) is 36.5 Å². The second-order valence-electron chi connectivity index (χ2n) is 5.31. The third-order valence-electron chi connectivity index (χ3n) is 3.35. The van der Waals surface area contributed by atoms with Crippen LogP contribution in [0, 0.1) is 18.3 Å². The fraction of sp³-hybridized carbons (Fsp3) is 0.533. The van der Waals surface area contributed by atoms with Crippen LogP contribution in [-0.2, 0) is 4.74 Å². The Bertz CT molecular complexity index is 451. The van der Waals surface area contributed by atoms with Crippen molar-refractivity contribution in [3.63, 3.8) is 0 Å². The summed E-state index contributed by atoms with van der Waals surface area (Å²) in [5.41, 5.74) is 3.40. The van der Waals surface area contributed by atoms with E-state index in [2.05, 4.69) is 35.3 Å². The summed E-state index contributed by atoms with van der Waals surface area (Å²) in [4.78, 5) is 2.32. The van der Waals surface area contributed by atoms with Gasteiger partial charge in [-0.1, -0.05) is 19.9 Å². The fourth-order valence-corrected chi connectivity index (χ4v) is 2.12. The van der Waals surface area contributed by atoms with Crippen molar-refractivity contribution >= 4 is 17.2 Å². The molecule has 0 amide bonds. The van der Waals surface area contributed by atoms with Crippen molar-refractivity contribution < 1.29 is 4.74 Å². The molecule has 0 aliphatic carbocycles. The lowest BCUT2D eigenvalue weighted by Crippen LogP contribution is -2.36. The Hall–Kier alpha value is -1.55. The van der Waals surface area contributed by atoms with Crippen LogP contribution >= 0.6 is 0 Å². The quantitative estimate of drug-likeness (QED) is 0.649. The molecule has 2 rings (SSSR count). The molecule has 4 nitrogen and oxygen atoms in total. The molecule has 1 fully saturated rings. The molecule has 0 radical (unpaired) electrons. The average Bonchev–Trinajstić information content (AvgIpc) is 2.39. The summed E-state index contributed by atoms with van der Waals surface area (Å²) < 4.78 is 5.40. The van der Waals surface area contributed by atoms with Gasteiger partial charge in [-0.3, -0.25) is 5.41 Å². The summed E-state index contributed by atoms with van der Waals surface area (Å²) in [5, 5.41) is 11.3. The number of aryl methyl sites for hydroxylation is 1. The first kappa shape index (κ1) is 13.9. The van der Waals surface area contributed by atoms with Gasteiger partial charge in [0.25, 0.3) is 0 Å². The highest BCUT2D eigenvalue weighted by molar-refractivity contribution is 5.97. The van der Waals surface area contributed by atoms with Gasteiger partial charge < -0.3 is 15.0 Å². The molecular weight excluding hydrogens is 238 g/mol. The number of hydrogen-bond acceptors (Lipinski definition) is 3. The Kier molecular flexibility index (Phi) is 4.43. The number of amidine groups is 1. The van der Waals surface area contributed by atoms with Crippen LogP contribution in [-0.4, -0.2) is 32.1 Å². The van der Waals surface area contributed by atoms with Gasteiger partial charge in [0.2, 0.25) is 0 Å². The van der Waals surface area contributed by atoms with Gasteiger partial charge in [-0.2, -0.15) is 0 Å². The zero-order valence-corrected chi connectivity index (χ0v) is 12.0. The molecular formula is C15H23N3O. The first-order valence-corrected chi connectivity index (χ1v) is 6.86. The average molecular weight is 261 g/mol. The van der Waals surface area contributed by atoms with Crippen molar-refractivity contribution in [1.82, 2.24) is 0 Å². The molecule has 0 saturated carbocycles. The lowest BCUT2D eigenvalue weighted by Gasteiger charge is -2.31. The molecule has 0 atom stereocenters. The van der Waals surface area contributed by atoms with Crippen molar-refractivity contribution in [2.45, 2.75) is 20.8 Å². The number of rotatable bonds is 3. The van der Waals surface area contributed by atoms with Crippen molar-refractivity contribution in [2.24, 2.45) is 5.92 Å². The van der Waals surface area contributed by atoms with E-state index in [0.717, 1.165) is 32.0 Å². The first-order chi connectivity index (χ1) is 9.08. The van der Waals surface area contributed by atoms with Crippen molar-refractivity contribution in [3.8, 4) is 0 Å². The molecule has 0 spiro atoms. The van der Waals surface area contributed by atoms with Gasteiger partial charge in [-0.05, 0) is 24.6 Å². The molecule has 1 aromatic carbocycles. The lowest BCUT2D eigenvalue weighted by molar-refractivity contribution is 0.123. The van der Waals surface area contributed by atoms with Gasteiger partial charge in [0.15, 0.2) is 0 Å². The molecule has 4 heteroatoms. The summed E-state index contributed by atoms with van der Waals surface area (Å²) >= 11 is 0. The van der Waals surface area contributed by atoms with E-state index in [-0.39, 0.29) is 5.92 Å². The topological polar surface area (TPSA) is 48.4 Å². The van der Waals surface area contributed by atoms with E-state index in [0.29, 0.717) is 5.84 Å². The molecule has 2 N–H and O–H groups in total. The predicted octanol–water partition coefficient (Wildman–Crippen LogP) is 2.88. The van der Waals surface area contributed by atoms with Gasteiger partial charge >= 0.3 is 0 Å². The summed E-state index contributed by atoms with van der Waals surface area (Å²) in [6, 6.07) is 6.37. The summed E-state index contributed by atoms with van der Waals surface area (Å²) in [7, 11) is 0. The molecule has 1 saturated heterocycles. The number of anilines is 2. The number of morpholine rings is 1. The third kappa shape index (κ3) is 3.47. The fourth-order valence-electron chi connectivity index (χ4n) is 2.12. The van der Waals surface area contributed by atoms with Gasteiger partial charge in [0.05, 0.1) is 24.6 Å². The van der Waals surface area contributed by atoms with E-state index >= 15 is 0 Å². The summed E-state index contributed by atoms with van der Waals surface area (Å²) in [5.74, 6) is 0.762. The molecule has 19 heavy (non-hydrogen) atoms. The Balaban J connectivity index is 2.24. The maximum absolute atomic E-state index is 8.01. The van der Waals surface area contributed by atoms with Crippen LogP contribution in [0.25, 0.3) is 0 Å². The first-order valence-electron chi connectivity index (χ1n) is 6.86. The van der Waals surface area contributed by atoms with E-state index in [1.165, 1.54) is 11.3 Å². The van der Waals surface area contributed by atoms with E-state index in [1.54, 1.807) is 0 Å². The maximum atomic E-state index is 8.01. The Labute approximate surface area is 115 Å². The summed E-state index contributed by atoms with van der Waals surface area (Å²) in [6.07, 6.45) is 0. The van der Waals surface area contributed by atoms with E-state index in [1.807, 2.05) is 13.8 Å². The minimum absolute atomic E-state index is 0.207. The lowest BCUT2D eigenvalue weighted by atomic mass is 10.1. The number of nitrogens with zero attached hydrogens (tertiary/aromatic N) is 1. The number of ether oxygens (including phenoxy) is 1. The molecule has 1 heterocycles. The highest BCUT2D eigenvalue weighted by Crippen LogP contribution is 2.28. The van der Waals surface area contributed by atoms with Crippen LogP contribution in [0.15, 0.2) is 18.2 Å². The van der Waals surface area contributed by atoms with Gasteiger partial charge in [-0.25, -0.2) is 0 Å². The monoisotopic (exact) mass is 261 g/mol. The smallest absolute Gasteiger partial charge is 0.100 e.